The van der Waals surface area contributed by atoms with Gasteiger partial charge in [0.15, 0.2) is 0 Å². The second-order valence-electron chi connectivity index (χ2n) is 2.94. The van der Waals surface area contributed by atoms with E-state index in [2.05, 4.69) is 25.3 Å². The lowest BCUT2D eigenvalue weighted by Crippen LogP contribution is -1.98. The van der Waals surface area contributed by atoms with E-state index in [9.17, 15) is 0 Å². The smallest absolute Gasteiger partial charge is 0.0545 e. The molecular formula is C8H11NS5. The number of rotatable bonds is 1. The number of hydrogen-bond acceptors (Lipinski definition) is 5. The molecular weight excluding hydrogens is 270 g/mol. The topological polar surface area (TPSA) is 4.93 Å². The van der Waals surface area contributed by atoms with Crippen LogP contribution in [-0.2, 0) is 6.54 Å². The molecule has 0 saturated carbocycles. The summed E-state index contributed by atoms with van der Waals surface area (Å²) in [5, 5.41) is 0. The van der Waals surface area contributed by atoms with Crippen molar-refractivity contribution in [3.8, 4) is 0 Å². The predicted molar refractivity (Wildman–Crippen MR) is 74.1 cm³/mol. The van der Waals surface area contributed by atoms with Gasteiger partial charge in [-0.25, -0.2) is 0 Å². The Labute approximate surface area is 104 Å². The van der Waals surface area contributed by atoms with Gasteiger partial charge in [0, 0.05) is 17.9 Å². The Morgan fingerprint density at radius 3 is 1.86 bits per heavy atom. The summed E-state index contributed by atoms with van der Waals surface area (Å²) in [7, 11) is 9.40. The quantitative estimate of drug-likeness (QED) is 0.651. The molecule has 0 saturated heterocycles. The van der Waals surface area contributed by atoms with E-state index in [-0.39, 0.29) is 0 Å². The van der Waals surface area contributed by atoms with E-state index in [1.54, 1.807) is 0 Å². The maximum Gasteiger partial charge on any atom is 0.0545 e. The highest BCUT2D eigenvalue weighted by Gasteiger charge is 2.21. The highest BCUT2D eigenvalue weighted by molar-refractivity contribution is 9.36. The van der Waals surface area contributed by atoms with E-state index < -0.39 is 0 Å². The SMILES string of the molecule is CCn1c(C)c2c(c1C)SSSSS2. The zero-order valence-electron chi connectivity index (χ0n) is 8.20. The van der Waals surface area contributed by atoms with Gasteiger partial charge in [-0.15, -0.1) is 0 Å². The molecule has 78 valence electrons. The Kier molecular flexibility index (Phi) is 4.04. The van der Waals surface area contributed by atoms with Crippen molar-refractivity contribution < 1.29 is 0 Å². The average Bonchev–Trinajstić information content (AvgIpc) is 2.39. The first-order valence-electron chi connectivity index (χ1n) is 4.30. The molecule has 0 fully saturated rings. The summed E-state index contributed by atoms with van der Waals surface area (Å²) in [6, 6.07) is 0. The summed E-state index contributed by atoms with van der Waals surface area (Å²) in [6.07, 6.45) is 0. The minimum atomic E-state index is 1.08. The van der Waals surface area contributed by atoms with Crippen molar-refractivity contribution in [1.82, 2.24) is 4.57 Å². The number of fused-ring (bicyclic) bond motifs is 1. The van der Waals surface area contributed by atoms with Gasteiger partial charge >= 0.3 is 0 Å². The van der Waals surface area contributed by atoms with Gasteiger partial charge in [-0.05, 0) is 71.8 Å². The molecule has 14 heavy (non-hydrogen) atoms. The number of nitrogens with zero attached hydrogens (tertiary/aromatic N) is 1. The second kappa shape index (κ2) is 4.91. The average molecular weight is 282 g/mol. The third kappa shape index (κ3) is 1.96. The van der Waals surface area contributed by atoms with Gasteiger partial charge in [0.25, 0.3) is 0 Å². The fourth-order valence-corrected chi connectivity index (χ4v) is 11.0. The summed E-state index contributed by atoms with van der Waals surface area (Å²) in [4.78, 5) is 2.94. The third-order valence-corrected chi connectivity index (χ3v) is 11.0. The van der Waals surface area contributed by atoms with Crippen molar-refractivity contribution in [2.75, 3.05) is 0 Å². The van der Waals surface area contributed by atoms with Crippen molar-refractivity contribution >= 4 is 51.1 Å². The summed E-state index contributed by atoms with van der Waals surface area (Å²) in [5.41, 5.74) is 2.85. The van der Waals surface area contributed by atoms with Gasteiger partial charge in [0.2, 0.25) is 0 Å². The lowest BCUT2D eigenvalue weighted by atomic mass is 10.4. The molecule has 0 amide bonds. The Balaban J connectivity index is 2.50. The molecule has 0 radical (unpaired) electrons. The van der Waals surface area contributed by atoms with Crippen molar-refractivity contribution in [2.24, 2.45) is 0 Å². The molecule has 0 unspecified atom stereocenters. The summed E-state index contributed by atoms with van der Waals surface area (Å²) in [5.74, 6) is 0. The lowest BCUT2D eigenvalue weighted by Gasteiger charge is -2.05. The normalized spacial score (nSPS) is 16.5. The first-order valence-corrected chi connectivity index (χ1v) is 10.4. The molecule has 0 spiro atoms. The maximum absolute atomic E-state index is 2.40. The van der Waals surface area contributed by atoms with E-state index >= 15 is 0 Å². The number of hydrogen-bond donors (Lipinski definition) is 0. The molecule has 6 heteroatoms. The van der Waals surface area contributed by atoms with Gasteiger partial charge in [0.1, 0.15) is 0 Å². The van der Waals surface area contributed by atoms with Crippen molar-refractivity contribution in [1.29, 1.82) is 0 Å². The zero-order valence-corrected chi connectivity index (χ0v) is 12.3. The first kappa shape index (κ1) is 11.5. The summed E-state index contributed by atoms with van der Waals surface area (Å²) < 4.78 is 2.40. The van der Waals surface area contributed by atoms with Crippen LogP contribution in [0.15, 0.2) is 9.79 Å². The Hall–Kier alpha value is 1.03. The molecule has 0 bridgehead atoms. The van der Waals surface area contributed by atoms with Gasteiger partial charge in [-0.1, -0.05) is 0 Å². The van der Waals surface area contributed by atoms with Crippen LogP contribution in [0.1, 0.15) is 18.3 Å². The third-order valence-electron chi connectivity index (χ3n) is 2.28. The fraction of sp³-hybridized carbons (Fsp3) is 0.500. The Morgan fingerprint density at radius 1 is 0.929 bits per heavy atom. The second-order valence-corrected chi connectivity index (χ2v) is 10.4. The van der Waals surface area contributed by atoms with Crippen LogP contribution in [-0.4, -0.2) is 4.57 Å². The van der Waals surface area contributed by atoms with Crippen LogP contribution in [0, 0.1) is 13.8 Å². The van der Waals surface area contributed by atoms with E-state index in [4.69, 9.17) is 0 Å². The molecule has 2 rings (SSSR count). The summed E-state index contributed by atoms with van der Waals surface area (Å²) >= 11 is 0. The molecule has 1 aromatic heterocycles. The minimum absolute atomic E-state index is 1.08. The zero-order chi connectivity index (χ0) is 10.1. The number of aromatic nitrogens is 1. The van der Waals surface area contributed by atoms with Crippen molar-refractivity contribution in [3.63, 3.8) is 0 Å². The molecule has 0 aromatic carbocycles. The van der Waals surface area contributed by atoms with Crippen LogP contribution < -0.4 is 0 Å². The molecule has 1 aromatic rings. The fourth-order valence-electron chi connectivity index (χ4n) is 1.60. The van der Waals surface area contributed by atoms with Crippen molar-refractivity contribution in [3.05, 3.63) is 11.4 Å². The first-order chi connectivity index (χ1) is 6.75. The van der Waals surface area contributed by atoms with Gasteiger partial charge < -0.3 is 4.57 Å². The predicted octanol–water partition coefficient (Wildman–Crippen LogP) is 5.18. The van der Waals surface area contributed by atoms with Crippen LogP contribution in [0.4, 0.5) is 0 Å². The largest absolute Gasteiger partial charge is 0.347 e. The maximum atomic E-state index is 2.40. The lowest BCUT2D eigenvalue weighted by molar-refractivity contribution is 0.710. The van der Waals surface area contributed by atoms with Gasteiger partial charge in [-0.3, -0.25) is 0 Å². The summed E-state index contributed by atoms with van der Waals surface area (Å²) in [6.45, 7) is 7.74. The van der Waals surface area contributed by atoms with Crippen LogP contribution in [0.5, 0.6) is 0 Å². The molecule has 0 aliphatic carbocycles. The Morgan fingerprint density at radius 2 is 1.43 bits per heavy atom. The molecule has 0 N–H and O–H groups in total. The van der Waals surface area contributed by atoms with Gasteiger partial charge in [-0.2, -0.15) is 0 Å². The molecule has 0 atom stereocenters. The van der Waals surface area contributed by atoms with E-state index in [1.165, 1.54) is 21.2 Å². The molecule has 2 heterocycles. The molecule has 1 aliphatic rings. The van der Waals surface area contributed by atoms with Gasteiger partial charge in [0.05, 0.1) is 9.79 Å². The van der Waals surface area contributed by atoms with Crippen LogP contribution in [0.25, 0.3) is 0 Å². The van der Waals surface area contributed by atoms with Crippen LogP contribution in [0.3, 0.4) is 0 Å². The highest BCUT2D eigenvalue weighted by Crippen LogP contribution is 2.60. The minimum Gasteiger partial charge on any atom is -0.347 e. The monoisotopic (exact) mass is 281 g/mol. The van der Waals surface area contributed by atoms with E-state index in [1.807, 2.05) is 51.1 Å². The van der Waals surface area contributed by atoms with Crippen LogP contribution in [0.2, 0.25) is 0 Å². The Bertz CT molecular complexity index is 316. The standard InChI is InChI=1S/C8H11NS5/c1-4-9-5(2)7-8(6(9)3)11-13-14-12-10-7/h4H2,1-3H3. The molecule has 1 nitrogen and oxygen atoms in total. The van der Waals surface area contributed by atoms with Crippen molar-refractivity contribution in [2.45, 2.75) is 37.1 Å². The molecule has 1 aliphatic heterocycles. The van der Waals surface area contributed by atoms with E-state index in [0.717, 1.165) is 6.54 Å². The van der Waals surface area contributed by atoms with Crippen LogP contribution >= 0.6 is 51.1 Å². The van der Waals surface area contributed by atoms with E-state index in [0.29, 0.717) is 0 Å². The highest BCUT2D eigenvalue weighted by atomic mass is 33.8.